The predicted octanol–water partition coefficient (Wildman–Crippen LogP) is 0.546. The molecule has 0 bridgehead atoms. The first-order valence-electron chi connectivity index (χ1n) is 4.09. The lowest BCUT2D eigenvalue weighted by atomic mass is 10.1. The molecule has 68 valence electrons. The van der Waals surface area contributed by atoms with E-state index in [0.717, 1.165) is 25.9 Å². The van der Waals surface area contributed by atoms with Crippen molar-refractivity contribution in [2.45, 2.75) is 31.8 Å². The van der Waals surface area contributed by atoms with E-state index >= 15 is 0 Å². The third kappa shape index (κ3) is 7.78. The maximum Gasteiger partial charge on any atom is 0.0770 e. The fourth-order valence-electron chi connectivity index (χ4n) is 0.894. The van der Waals surface area contributed by atoms with E-state index in [-0.39, 0.29) is 6.61 Å². The third-order valence-corrected chi connectivity index (χ3v) is 1.60. The minimum Gasteiger partial charge on any atom is -0.394 e. The van der Waals surface area contributed by atoms with Gasteiger partial charge in [-0.2, -0.15) is 0 Å². The van der Waals surface area contributed by atoms with Gasteiger partial charge in [0, 0.05) is 13.7 Å². The monoisotopic (exact) mass is 162 g/mol. The summed E-state index contributed by atoms with van der Waals surface area (Å²) in [6.45, 7) is 0.666. The SMILES string of the molecule is COCCCCCC(O)CO. The first-order chi connectivity index (χ1) is 5.31. The molecule has 1 unspecified atom stereocenters. The highest BCUT2D eigenvalue weighted by Crippen LogP contribution is 2.02. The van der Waals surface area contributed by atoms with E-state index in [2.05, 4.69) is 0 Å². The Morgan fingerprint density at radius 2 is 2.00 bits per heavy atom. The Labute approximate surface area is 68.0 Å². The largest absolute Gasteiger partial charge is 0.394 e. The van der Waals surface area contributed by atoms with E-state index in [1.54, 1.807) is 7.11 Å². The van der Waals surface area contributed by atoms with E-state index < -0.39 is 6.10 Å². The zero-order valence-corrected chi connectivity index (χ0v) is 7.12. The van der Waals surface area contributed by atoms with Crippen molar-refractivity contribution in [2.24, 2.45) is 0 Å². The molecular weight excluding hydrogens is 144 g/mol. The molecule has 0 amide bonds. The van der Waals surface area contributed by atoms with Gasteiger partial charge in [-0.25, -0.2) is 0 Å². The van der Waals surface area contributed by atoms with Crippen LogP contribution < -0.4 is 0 Å². The molecule has 0 aliphatic carbocycles. The van der Waals surface area contributed by atoms with Gasteiger partial charge in [-0.15, -0.1) is 0 Å². The zero-order chi connectivity index (χ0) is 8.53. The van der Waals surface area contributed by atoms with Crippen molar-refractivity contribution in [2.75, 3.05) is 20.3 Å². The van der Waals surface area contributed by atoms with Crippen LogP contribution in [0.4, 0.5) is 0 Å². The fraction of sp³-hybridized carbons (Fsp3) is 1.00. The average molecular weight is 162 g/mol. The molecule has 0 heterocycles. The molecule has 0 radical (unpaired) electrons. The molecule has 0 rings (SSSR count). The zero-order valence-electron chi connectivity index (χ0n) is 7.12. The van der Waals surface area contributed by atoms with Gasteiger partial charge in [0.25, 0.3) is 0 Å². The summed E-state index contributed by atoms with van der Waals surface area (Å²) in [5.41, 5.74) is 0. The van der Waals surface area contributed by atoms with Crippen molar-refractivity contribution < 1.29 is 14.9 Å². The minimum atomic E-state index is -0.530. The lowest BCUT2D eigenvalue weighted by Gasteiger charge is -2.05. The molecule has 0 aliphatic heterocycles. The molecule has 0 aliphatic rings. The lowest BCUT2D eigenvalue weighted by Crippen LogP contribution is -2.11. The Kier molecular flexibility index (Phi) is 7.89. The lowest BCUT2D eigenvalue weighted by molar-refractivity contribution is 0.0852. The van der Waals surface area contributed by atoms with Gasteiger partial charge in [-0.05, 0) is 12.8 Å². The predicted molar refractivity (Wildman–Crippen MR) is 43.4 cm³/mol. The summed E-state index contributed by atoms with van der Waals surface area (Å²) in [4.78, 5) is 0. The first-order valence-corrected chi connectivity index (χ1v) is 4.09. The maximum atomic E-state index is 8.93. The van der Waals surface area contributed by atoms with Crippen LogP contribution in [0.25, 0.3) is 0 Å². The Morgan fingerprint density at radius 1 is 1.27 bits per heavy atom. The van der Waals surface area contributed by atoms with Gasteiger partial charge in [0.1, 0.15) is 0 Å². The number of unbranched alkanes of at least 4 members (excludes halogenated alkanes) is 2. The van der Waals surface area contributed by atoms with Crippen molar-refractivity contribution in [3.8, 4) is 0 Å². The smallest absolute Gasteiger partial charge is 0.0770 e. The van der Waals surface area contributed by atoms with Crippen LogP contribution in [-0.4, -0.2) is 36.6 Å². The van der Waals surface area contributed by atoms with Gasteiger partial charge in [0.05, 0.1) is 12.7 Å². The number of aliphatic hydroxyl groups is 2. The average Bonchev–Trinajstić information content (AvgIpc) is 2.04. The summed E-state index contributed by atoms with van der Waals surface area (Å²) in [5, 5.41) is 17.4. The molecule has 0 aromatic carbocycles. The summed E-state index contributed by atoms with van der Waals surface area (Å²) < 4.78 is 4.86. The molecule has 0 saturated carbocycles. The quantitative estimate of drug-likeness (QED) is 0.537. The molecule has 3 nitrogen and oxygen atoms in total. The number of methoxy groups -OCH3 is 1. The van der Waals surface area contributed by atoms with Crippen molar-refractivity contribution in [1.82, 2.24) is 0 Å². The Morgan fingerprint density at radius 3 is 2.55 bits per heavy atom. The molecule has 3 heteroatoms. The molecule has 11 heavy (non-hydrogen) atoms. The highest BCUT2D eigenvalue weighted by Gasteiger charge is 1.99. The first kappa shape index (κ1) is 10.9. The second-order valence-electron chi connectivity index (χ2n) is 2.68. The number of hydrogen-bond donors (Lipinski definition) is 2. The minimum absolute atomic E-state index is 0.121. The molecule has 0 aromatic rings. The van der Waals surface area contributed by atoms with Crippen LogP contribution in [0.1, 0.15) is 25.7 Å². The second-order valence-corrected chi connectivity index (χ2v) is 2.68. The topological polar surface area (TPSA) is 49.7 Å². The molecule has 2 N–H and O–H groups in total. The van der Waals surface area contributed by atoms with E-state index in [4.69, 9.17) is 14.9 Å². The maximum absolute atomic E-state index is 8.93. The summed E-state index contributed by atoms with van der Waals surface area (Å²) in [6, 6.07) is 0. The van der Waals surface area contributed by atoms with Gasteiger partial charge in [-0.3, -0.25) is 0 Å². The Balaban J connectivity index is 2.89. The number of ether oxygens (including phenoxy) is 1. The molecule has 0 fully saturated rings. The van der Waals surface area contributed by atoms with E-state index in [0.29, 0.717) is 6.42 Å². The molecule has 0 spiro atoms. The molecule has 0 aromatic heterocycles. The molecule has 1 atom stereocenters. The Bertz CT molecular complexity index is 75.7. The van der Waals surface area contributed by atoms with Crippen LogP contribution in [0, 0.1) is 0 Å². The van der Waals surface area contributed by atoms with E-state index in [1.807, 2.05) is 0 Å². The molecular formula is C8H18O3. The van der Waals surface area contributed by atoms with Crippen LogP contribution in [0.5, 0.6) is 0 Å². The van der Waals surface area contributed by atoms with Gasteiger partial charge in [-0.1, -0.05) is 12.8 Å². The fourth-order valence-corrected chi connectivity index (χ4v) is 0.894. The highest BCUT2D eigenvalue weighted by atomic mass is 16.5. The van der Waals surface area contributed by atoms with Crippen LogP contribution in [0.3, 0.4) is 0 Å². The highest BCUT2D eigenvalue weighted by molar-refractivity contribution is 4.52. The van der Waals surface area contributed by atoms with Crippen molar-refractivity contribution >= 4 is 0 Å². The van der Waals surface area contributed by atoms with E-state index in [1.165, 1.54) is 0 Å². The van der Waals surface area contributed by atoms with Gasteiger partial charge in [0.15, 0.2) is 0 Å². The van der Waals surface area contributed by atoms with Gasteiger partial charge in [0.2, 0.25) is 0 Å². The summed E-state index contributed by atoms with van der Waals surface area (Å²) in [7, 11) is 1.68. The van der Waals surface area contributed by atoms with Crippen molar-refractivity contribution in [3.63, 3.8) is 0 Å². The molecule has 0 saturated heterocycles. The van der Waals surface area contributed by atoms with Gasteiger partial charge >= 0.3 is 0 Å². The summed E-state index contributed by atoms with van der Waals surface area (Å²) >= 11 is 0. The van der Waals surface area contributed by atoms with Crippen LogP contribution in [0.15, 0.2) is 0 Å². The Hall–Kier alpha value is -0.120. The number of rotatable bonds is 7. The standard InChI is InChI=1S/C8H18O3/c1-11-6-4-2-3-5-8(10)7-9/h8-10H,2-7H2,1H3. The second kappa shape index (κ2) is 7.98. The van der Waals surface area contributed by atoms with Crippen LogP contribution >= 0.6 is 0 Å². The van der Waals surface area contributed by atoms with Crippen molar-refractivity contribution in [1.29, 1.82) is 0 Å². The number of hydrogen-bond acceptors (Lipinski definition) is 3. The van der Waals surface area contributed by atoms with E-state index in [9.17, 15) is 0 Å². The van der Waals surface area contributed by atoms with Crippen LogP contribution in [-0.2, 0) is 4.74 Å². The number of aliphatic hydroxyl groups excluding tert-OH is 2. The summed E-state index contributed by atoms with van der Waals surface area (Å²) in [6.07, 6.45) is 3.22. The van der Waals surface area contributed by atoms with Gasteiger partial charge < -0.3 is 14.9 Å². The van der Waals surface area contributed by atoms with Crippen molar-refractivity contribution in [3.05, 3.63) is 0 Å². The summed E-state index contributed by atoms with van der Waals surface area (Å²) in [5.74, 6) is 0. The third-order valence-electron chi connectivity index (χ3n) is 1.60. The van der Waals surface area contributed by atoms with Crippen LogP contribution in [0.2, 0.25) is 0 Å². The normalized spacial score (nSPS) is 13.4.